The summed E-state index contributed by atoms with van der Waals surface area (Å²) in [4.78, 5) is 11.1. The van der Waals surface area contributed by atoms with Gasteiger partial charge >= 0.3 is 0 Å². The third kappa shape index (κ3) is 3.61. The second kappa shape index (κ2) is 6.20. The van der Waals surface area contributed by atoms with Crippen LogP contribution in [0.25, 0.3) is 0 Å². The molecule has 0 aliphatic rings. The molecule has 86 valence electrons. The van der Waals surface area contributed by atoms with Gasteiger partial charge in [-0.2, -0.15) is 0 Å². The van der Waals surface area contributed by atoms with Crippen LogP contribution in [0.3, 0.4) is 0 Å². The van der Waals surface area contributed by atoms with Crippen molar-refractivity contribution in [3.05, 3.63) is 48.0 Å². The van der Waals surface area contributed by atoms with Crippen molar-refractivity contribution < 1.29 is 15.0 Å². The van der Waals surface area contributed by atoms with Gasteiger partial charge in [0.25, 0.3) is 0 Å². The predicted octanol–water partition coefficient (Wildman–Crippen LogP) is 0.880. The minimum absolute atomic E-state index is 0.122. The topological polar surface area (TPSA) is 57.5 Å². The van der Waals surface area contributed by atoms with E-state index < -0.39 is 6.10 Å². The average Bonchev–Trinajstić information content (AvgIpc) is 2.31. The lowest BCUT2D eigenvalue weighted by Crippen LogP contribution is -2.20. The fourth-order valence-corrected chi connectivity index (χ4v) is 1.43. The summed E-state index contributed by atoms with van der Waals surface area (Å²) in [7, 11) is 0. The number of rotatable bonds is 6. The SMILES string of the molecule is C=CC(=O)C(O)Cc1ccc(CCO)cc1. The number of aliphatic hydroxyl groups is 2. The van der Waals surface area contributed by atoms with Crippen LogP contribution in [0.5, 0.6) is 0 Å². The molecule has 0 fully saturated rings. The van der Waals surface area contributed by atoms with E-state index in [2.05, 4.69) is 6.58 Å². The van der Waals surface area contributed by atoms with Gasteiger partial charge in [0.05, 0.1) is 0 Å². The van der Waals surface area contributed by atoms with E-state index >= 15 is 0 Å². The molecule has 0 spiro atoms. The Labute approximate surface area is 95.0 Å². The Hall–Kier alpha value is -1.45. The smallest absolute Gasteiger partial charge is 0.183 e. The normalized spacial score (nSPS) is 12.1. The largest absolute Gasteiger partial charge is 0.396 e. The highest BCUT2D eigenvalue weighted by atomic mass is 16.3. The third-order valence-electron chi connectivity index (χ3n) is 2.38. The lowest BCUT2D eigenvalue weighted by Gasteiger charge is -2.07. The maximum atomic E-state index is 11.1. The maximum Gasteiger partial charge on any atom is 0.183 e. The van der Waals surface area contributed by atoms with Crippen molar-refractivity contribution in [1.29, 1.82) is 0 Å². The summed E-state index contributed by atoms with van der Waals surface area (Å²) in [6.45, 7) is 3.45. The van der Waals surface area contributed by atoms with Crippen LogP contribution in [0, 0.1) is 0 Å². The van der Waals surface area contributed by atoms with Crippen molar-refractivity contribution in [3.63, 3.8) is 0 Å². The quantitative estimate of drug-likeness (QED) is 0.700. The highest BCUT2D eigenvalue weighted by Gasteiger charge is 2.11. The number of carbonyl (C=O) groups is 1. The molecule has 1 aromatic carbocycles. The molecule has 1 atom stereocenters. The van der Waals surface area contributed by atoms with Crippen LogP contribution >= 0.6 is 0 Å². The fourth-order valence-electron chi connectivity index (χ4n) is 1.43. The van der Waals surface area contributed by atoms with Crippen LogP contribution in [-0.2, 0) is 17.6 Å². The van der Waals surface area contributed by atoms with Crippen LogP contribution in [-0.4, -0.2) is 28.7 Å². The molecule has 0 aromatic heterocycles. The molecule has 0 heterocycles. The minimum Gasteiger partial charge on any atom is -0.396 e. The van der Waals surface area contributed by atoms with E-state index in [1.165, 1.54) is 0 Å². The molecule has 0 aliphatic carbocycles. The summed E-state index contributed by atoms with van der Waals surface area (Å²) in [5.74, 6) is -0.362. The fraction of sp³-hybridized carbons (Fsp3) is 0.308. The number of hydrogen-bond acceptors (Lipinski definition) is 3. The number of benzene rings is 1. The van der Waals surface area contributed by atoms with Crippen LogP contribution in [0.4, 0.5) is 0 Å². The first-order valence-electron chi connectivity index (χ1n) is 5.20. The lowest BCUT2D eigenvalue weighted by atomic mass is 10.0. The predicted molar refractivity (Wildman–Crippen MR) is 62.1 cm³/mol. The lowest BCUT2D eigenvalue weighted by molar-refractivity contribution is -0.122. The summed E-state index contributed by atoms with van der Waals surface area (Å²) in [5.41, 5.74) is 1.93. The van der Waals surface area contributed by atoms with E-state index in [1.807, 2.05) is 24.3 Å². The summed E-state index contributed by atoms with van der Waals surface area (Å²) in [6.07, 6.45) is 1.03. The zero-order valence-corrected chi connectivity index (χ0v) is 9.10. The standard InChI is InChI=1S/C13H16O3/c1-2-12(15)13(16)9-11-5-3-10(4-6-11)7-8-14/h2-6,13-14,16H,1,7-9H2. The van der Waals surface area contributed by atoms with Crippen molar-refractivity contribution in [2.24, 2.45) is 0 Å². The Bertz CT molecular complexity index is 354. The van der Waals surface area contributed by atoms with Gasteiger partial charge in [0.2, 0.25) is 0 Å². The number of hydrogen-bond donors (Lipinski definition) is 2. The van der Waals surface area contributed by atoms with Crippen LogP contribution < -0.4 is 0 Å². The van der Waals surface area contributed by atoms with Gasteiger partial charge in [-0.25, -0.2) is 0 Å². The highest BCUT2D eigenvalue weighted by Crippen LogP contribution is 2.08. The van der Waals surface area contributed by atoms with Crippen LogP contribution in [0.2, 0.25) is 0 Å². The van der Waals surface area contributed by atoms with Crippen molar-refractivity contribution in [2.45, 2.75) is 18.9 Å². The molecule has 0 saturated carbocycles. The first kappa shape index (κ1) is 12.6. The van der Waals surface area contributed by atoms with E-state index in [1.54, 1.807) is 0 Å². The molecule has 3 heteroatoms. The zero-order valence-electron chi connectivity index (χ0n) is 9.10. The molecular formula is C13H16O3. The summed E-state index contributed by atoms with van der Waals surface area (Å²) in [5, 5.41) is 18.2. The molecular weight excluding hydrogens is 204 g/mol. The van der Waals surface area contributed by atoms with Crippen molar-refractivity contribution in [1.82, 2.24) is 0 Å². The van der Waals surface area contributed by atoms with Gasteiger partial charge in [0, 0.05) is 13.0 Å². The number of carbonyl (C=O) groups excluding carboxylic acids is 1. The second-order valence-corrected chi connectivity index (χ2v) is 3.62. The third-order valence-corrected chi connectivity index (χ3v) is 2.38. The van der Waals surface area contributed by atoms with E-state index in [-0.39, 0.29) is 12.4 Å². The van der Waals surface area contributed by atoms with Crippen molar-refractivity contribution >= 4 is 5.78 Å². The molecule has 0 saturated heterocycles. The van der Waals surface area contributed by atoms with Gasteiger partial charge in [-0.05, 0) is 23.6 Å². The van der Waals surface area contributed by atoms with Gasteiger partial charge in [0.15, 0.2) is 5.78 Å². The first-order valence-corrected chi connectivity index (χ1v) is 5.20. The van der Waals surface area contributed by atoms with Gasteiger partial charge in [-0.1, -0.05) is 30.8 Å². The van der Waals surface area contributed by atoms with Crippen LogP contribution in [0.1, 0.15) is 11.1 Å². The first-order chi connectivity index (χ1) is 7.67. The number of aliphatic hydroxyl groups excluding tert-OH is 2. The highest BCUT2D eigenvalue weighted by molar-refractivity contribution is 5.92. The van der Waals surface area contributed by atoms with E-state index in [0.29, 0.717) is 12.8 Å². The molecule has 1 rings (SSSR count). The Balaban J connectivity index is 2.61. The second-order valence-electron chi connectivity index (χ2n) is 3.62. The summed E-state index contributed by atoms with van der Waals surface area (Å²) in [6, 6.07) is 7.47. The molecule has 0 amide bonds. The summed E-state index contributed by atoms with van der Waals surface area (Å²) >= 11 is 0. The van der Waals surface area contributed by atoms with Gasteiger partial charge < -0.3 is 10.2 Å². The van der Waals surface area contributed by atoms with E-state index in [4.69, 9.17) is 5.11 Å². The van der Waals surface area contributed by atoms with Crippen LogP contribution in [0.15, 0.2) is 36.9 Å². The van der Waals surface area contributed by atoms with Gasteiger partial charge in [-0.3, -0.25) is 4.79 Å². The van der Waals surface area contributed by atoms with E-state index in [9.17, 15) is 9.90 Å². The Morgan fingerprint density at radius 2 is 1.88 bits per heavy atom. The average molecular weight is 220 g/mol. The number of ketones is 1. The maximum absolute atomic E-state index is 11.1. The summed E-state index contributed by atoms with van der Waals surface area (Å²) < 4.78 is 0. The molecule has 0 bridgehead atoms. The Kier molecular flexibility index (Phi) is 4.89. The zero-order chi connectivity index (χ0) is 12.0. The van der Waals surface area contributed by atoms with Gasteiger partial charge in [0.1, 0.15) is 6.10 Å². The molecule has 2 N–H and O–H groups in total. The van der Waals surface area contributed by atoms with Crippen molar-refractivity contribution in [2.75, 3.05) is 6.61 Å². The molecule has 1 unspecified atom stereocenters. The van der Waals surface area contributed by atoms with Crippen molar-refractivity contribution in [3.8, 4) is 0 Å². The van der Waals surface area contributed by atoms with Gasteiger partial charge in [-0.15, -0.1) is 0 Å². The molecule has 0 radical (unpaired) electrons. The van der Waals surface area contributed by atoms with E-state index in [0.717, 1.165) is 17.2 Å². The Morgan fingerprint density at radius 3 is 2.38 bits per heavy atom. The minimum atomic E-state index is -1.01. The Morgan fingerprint density at radius 1 is 1.31 bits per heavy atom. The molecule has 1 aromatic rings. The molecule has 16 heavy (non-hydrogen) atoms. The molecule has 3 nitrogen and oxygen atoms in total. The monoisotopic (exact) mass is 220 g/mol. The molecule has 0 aliphatic heterocycles.